The molecular weight excluding hydrogens is 194 g/mol. The molecule has 2 heterocycles. The highest BCUT2D eigenvalue weighted by atomic mass is 16.7. The van der Waals surface area contributed by atoms with Crippen molar-refractivity contribution in [1.82, 2.24) is 9.71 Å². The smallest absolute Gasteiger partial charge is 0.294 e. The monoisotopic (exact) mass is 203 g/mol. The van der Waals surface area contributed by atoms with Crippen molar-refractivity contribution >= 4 is 16.6 Å². The van der Waals surface area contributed by atoms with E-state index in [4.69, 9.17) is 10.6 Å². The van der Waals surface area contributed by atoms with Gasteiger partial charge >= 0.3 is 0 Å². The van der Waals surface area contributed by atoms with E-state index in [9.17, 15) is 4.79 Å². The highest BCUT2D eigenvalue weighted by Gasteiger charge is 2.17. The number of hydrogen-bond donors (Lipinski definition) is 1. The number of nitrogen functional groups attached to an aromatic ring is 1. The van der Waals surface area contributed by atoms with Crippen LogP contribution in [0, 0.1) is 0 Å². The van der Waals surface area contributed by atoms with Crippen molar-refractivity contribution in [2.24, 2.45) is 0 Å². The number of aromatic nitrogens is 2. The third-order valence-corrected chi connectivity index (χ3v) is 2.47. The molecule has 1 aromatic carbocycles. The summed E-state index contributed by atoms with van der Waals surface area (Å²) in [4.78, 5) is 21.4. The molecule has 15 heavy (non-hydrogen) atoms. The van der Waals surface area contributed by atoms with Crippen LogP contribution >= 0.6 is 0 Å². The average Bonchev–Trinajstić information content (AvgIpc) is 2.68. The van der Waals surface area contributed by atoms with E-state index in [2.05, 4.69) is 4.98 Å². The highest BCUT2D eigenvalue weighted by Crippen LogP contribution is 2.13. The lowest BCUT2D eigenvalue weighted by Gasteiger charge is -2.04. The third kappa shape index (κ3) is 1.09. The van der Waals surface area contributed by atoms with Crippen LogP contribution in [0.2, 0.25) is 0 Å². The van der Waals surface area contributed by atoms with Gasteiger partial charge in [-0.1, -0.05) is 0 Å². The van der Waals surface area contributed by atoms with Gasteiger partial charge in [-0.05, 0) is 18.2 Å². The maximum atomic E-state index is 11.9. The fraction of sp³-hybridized carbons (Fsp3) is 0.200. The van der Waals surface area contributed by atoms with E-state index in [1.54, 1.807) is 18.2 Å². The van der Waals surface area contributed by atoms with Crippen LogP contribution in [0.4, 0.5) is 5.69 Å². The van der Waals surface area contributed by atoms with Crippen LogP contribution in [0.25, 0.3) is 10.9 Å². The predicted molar refractivity (Wildman–Crippen MR) is 55.6 cm³/mol. The first kappa shape index (κ1) is 8.28. The molecule has 5 heteroatoms. The van der Waals surface area contributed by atoms with Gasteiger partial charge < -0.3 is 10.6 Å². The van der Waals surface area contributed by atoms with E-state index in [1.807, 2.05) is 0 Å². The summed E-state index contributed by atoms with van der Waals surface area (Å²) in [6, 6.07) is 5.12. The molecule has 1 aliphatic rings. The van der Waals surface area contributed by atoms with E-state index in [0.29, 0.717) is 35.4 Å². The Kier molecular flexibility index (Phi) is 1.50. The molecule has 2 aromatic rings. The maximum absolute atomic E-state index is 11.9. The minimum absolute atomic E-state index is 0.181. The van der Waals surface area contributed by atoms with Crippen LogP contribution < -0.4 is 16.1 Å². The normalized spacial score (nSPS) is 13.9. The van der Waals surface area contributed by atoms with Crippen molar-refractivity contribution < 1.29 is 4.84 Å². The molecule has 0 fully saturated rings. The Morgan fingerprint density at radius 2 is 2.33 bits per heavy atom. The zero-order valence-electron chi connectivity index (χ0n) is 7.93. The first-order chi connectivity index (χ1) is 7.25. The summed E-state index contributed by atoms with van der Waals surface area (Å²) in [6.07, 6.45) is 0.676. The molecule has 3 rings (SSSR count). The molecule has 76 valence electrons. The highest BCUT2D eigenvalue weighted by molar-refractivity contribution is 5.81. The van der Waals surface area contributed by atoms with Crippen LogP contribution in [0.1, 0.15) is 5.82 Å². The molecule has 0 amide bonds. The fourth-order valence-electron chi connectivity index (χ4n) is 1.75. The van der Waals surface area contributed by atoms with E-state index < -0.39 is 0 Å². The second-order valence-electron chi connectivity index (χ2n) is 3.49. The summed E-state index contributed by atoms with van der Waals surface area (Å²) < 4.78 is 1.25. The van der Waals surface area contributed by atoms with Crippen LogP contribution in [0.15, 0.2) is 23.0 Å². The van der Waals surface area contributed by atoms with Crippen LogP contribution in [0.5, 0.6) is 0 Å². The molecule has 0 atom stereocenters. The van der Waals surface area contributed by atoms with Crippen molar-refractivity contribution in [3.63, 3.8) is 0 Å². The summed E-state index contributed by atoms with van der Waals surface area (Å²) in [5.41, 5.74) is 6.67. The Balaban J connectivity index is 2.47. The SMILES string of the molecule is Nc1ccc2nc3n(c(=O)c2c1)OCC3. The quantitative estimate of drug-likeness (QED) is 0.610. The summed E-state index contributed by atoms with van der Waals surface area (Å²) >= 11 is 0. The molecule has 0 bridgehead atoms. The molecule has 0 unspecified atom stereocenters. The molecule has 1 aliphatic heterocycles. The summed E-state index contributed by atoms with van der Waals surface area (Å²) in [6.45, 7) is 0.508. The lowest BCUT2D eigenvalue weighted by Crippen LogP contribution is -2.25. The zero-order valence-corrected chi connectivity index (χ0v) is 7.93. The van der Waals surface area contributed by atoms with E-state index in [0.717, 1.165) is 0 Å². The third-order valence-electron chi connectivity index (χ3n) is 2.47. The van der Waals surface area contributed by atoms with Gasteiger partial charge in [0.1, 0.15) is 6.61 Å². The Morgan fingerprint density at radius 3 is 3.20 bits per heavy atom. The Labute approximate surface area is 85.1 Å². The molecule has 0 aliphatic carbocycles. The molecule has 5 nitrogen and oxygen atoms in total. The van der Waals surface area contributed by atoms with Gasteiger partial charge in [-0.3, -0.25) is 4.79 Å². The largest absolute Gasteiger partial charge is 0.409 e. The summed E-state index contributed by atoms with van der Waals surface area (Å²) in [7, 11) is 0. The lowest BCUT2D eigenvalue weighted by molar-refractivity contribution is 0.141. The molecule has 2 N–H and O–H groups in total. The van der Waals surface area contributed by atoms with Crippen LogP contribution in [-0.2, 0) is 6.42 Å². The molecule has 0 saturated carbocycles. The number of nitrogens with two attached hydrogens (primary N) is 1. The lowest BCUT2D eigenvalue weighted by atomic mass is 10.2. The molecule has 0 spiro atoms. The van der Waals surface area contributed by atoms with Gasteiger partial charge in [0.2, 0.25) is 0 Å². The Hall–Kier alpha value is -2.04. The van der Waals surface area contributed by atoms with Gasteiger partial charge in [0.25, 0.3) is 5.56 Å². The summed E-state index contributed by atoms with van der Waals surface area (Å²) in [5.74, 6) is 0.678. The molecule has 0 saturated heterocycles. The zero-order chi connectivity index (χ0) is 10.4. The number of fused-ring (bicyclic) bond motifs is 2. The van der Waals surface area contributed by atoms with E-state index in [1.165, 1.54) is 4.73 Å². The molecule has 1 aromatic heterocycles. The molecular formula is C10H9N3O2. The molecule has 0 radical (unpaired) electrons. The Bertz CT molecular complexity index is 603. The maximum Gasteiger partial charge on any atom is 0.294 e. The average molecular weight is 203 g/mol. The second-order valence-corrected chi connectivity index (χ2v) is 3.49. The van der Waals surface area contributed by atoms with Crippen molar-refractivity contribution in [3.05, 3.63) is 34.4 Å². The van der Waals surface area contributed by atoms with E-state index in [-0.39, 0.29) is 5.56 Å². The first-order valence-electron chi connectivity index (χ1n) is 4.70. The number of benzene rings is 1. The number of hydrogen-bond acceptors (Lipinski definition) is 4. The minimum Gasteiger partial charge on any atom is -0.409 e. The van der Waals surface area contributed by atoms with Crippen molar-refractivity contribution in [2.75, 3.05) is 12.3 Å². The standard InChI is InChI=1S/C10H9N3O2/c11-6-1-2-8-7(5-6)10(14)13-9(12-8)3-4-15-13/h1-2,5H,3-4,11H2. The van der Waals surface area contributed by atoms with Crippen LogP contribution in [-0.4, -0.2) is 16.3 Å². The van der Waals surface area contributed by atoms with E-state index >= 15 is 0 Å². The summed E-state index contributed by atoms with van der Waals surface area (Å²) in [5, 5.41) is 0.501. The van der Waals surface area contributed by atoms with Gasteiger partial charge in [-0.25, -0.2) is 4.98 Å². The fourth-order valence-corrected chi connectivity index (χ4v) is 1.75. The van der Waals surface area contributed by atoms with Gasteiger partial charge in [-0.2, -0.15) is 0 Å². The minimum atomic E-state index is -0.181. The van der Waals surface area contributed by atoms with Crippen molar-refractivity contribution in [1.29, 1.82) is 0 Å². The predicted octanol–water partition coefficient (Wildman–Crippen LogP) is -0.0366. The van der Waals surface area contributed by atoms with Crippen LogP contribution in [0.3, 0.4) is 0 Å². The Morgan fingerprint density at radius 1 is 1.47 bits per heavy atom. The topological polar surface area (TPSA) is 70.1 Å². The van der Waals surface area contributed by atoms with Crippen molar-refractivity contribution in [2.45, 2.75) is 6.42 Å². The number of nitrogens with zero attached hydrogens (tertiary/aromatic N) is 2. The van der Waals surface area contributed by atoms with Gasteiger partial charge in [0.15, 0.2) is 5.82 Å². The second kappa shape index (κ2) is 2.73. The first-order valence-corrected chi connectivity index (χ1v) is 4.70. The van der Waals surface area contributed by atoms with Gasteiger partial charge in [0, 0.05) is 12.1 Å². The van der Waals surface area contributed by atoms with Gasteiger partial charge in [0.05, 0.1) is 10.9 Å². The van der Waals surface area contributed by atoms with Crippen molar-refractivity contribution in [3.8, 4) is 0 Å². The number of anilines is 1. The van der Waals surface area contributed by atoms with Gasteiger partial charge in [-0.15, -0.1) is 4.73 Å². The number of rotatable bonds is 0.